The van der Waals surface area contributed by atoms with Crippen LogP contribution >= 0.6 is 0 Å². The van der Waals surface area contributed by atoms with Gasteiger partial charge in [-0.15, -0.1) is 0 Å². The highest BCUT2D eigenvalue weighted by Gasteiger charge is 2.16. The molecule has 4 rings (SSSR count). The standard InChI is InChI=1S/C24H30N4O2/c1-26-14-12-18(13-15-26)5-4-17-6-9-20(10-7-17)25-23(29)19-8-11-21-22(16-19)28(3)24(30)27(21)2/h6-11,16,18H,4-5,12-15H2,1-3H3,(H,25,29). The van der Waals surface area contributed by atoms with E-state index in [1.54, 1.807) is 35.4 Å². The molecule has 1 aliphatic heterocycles. The molecule has 0 bridgehead atoms. The Morgan fingerprint density at radius 1 is 0.967 bits per heavy atom. The molecule has 158 valence electrons. The molecule has 2 aromatic carbocycles. The van der Waals surface area contributed by atoms with Gasteiger partial charge in [0.1, 0.15) is 0 Å². The normalized spacial score (nSPS) is 15.6. The van der Waals surface area contributed by atoms with Gasteiger partial charge in [0, 0.05) is 25.3 Å². The quantitative estimate of drug-likeness (QED) is 0.706. The highest BCUT2D eigenvalue weighted by Crippen LogP contribution is 2.22. The Bertz CT molecular complexity index is 1100. The van der Waals surface area contributed by atoms with Crippen molar-refractivity contribution in [3.05, 3.63) is 64.1 Å². The van der Waals surface area contributed by atoms with Crippen LogP contribution in [0.25, 0.3) is 11.0 Å². The monoisotopic (exact) mass is 406 g/mol. The Morgan fingerprint density at radius 3 is 2.33 bits per heavy atom. The van der Waals surface area contributed by atoms with Crippen LogP contribution in [0.2, 0.25) is 0 Å². The summed E-state index contributed by atoms with van der Waals surface area (Å²) in [5.74, 6) is 0.650. The summed E-state index contributed by atoms with van der Waals surface area (Å²) in [6.07, 6.45) is 4.90. The predicted molar refractivity (Wildman–Crippen MR) is 121 cm³/mol. The molecule has 30 heavy (non-hydrogen) atoms. The summed E-state index contributed by atoms with van der Waals surface area (Å²) >= 11 is 0. The smallest absolute Gasteiger partial charge is 0.322 e. The number of hydrogen-bond donors (Lipinski definition) is 1. The summed E-state index contributed by atoms with van der Waals surface area (Å²) in [5, 5.41) is 2.96. The first-order valence-electron chi connectivity index (χ1n) is 10.7. The number of rotatable bonds is 5. The molecule has 1 N–H and O–H groups in total. The lowest BCUT2D eigenvalue weighted by Crippen LogP contribution is -2.30. The van der Waals surface area contributed by atoms with Crippen molar-refractivity contribution in [2.45, 2.75) is 25.7 Å². The molecular formula is C24H30N4O2. The summed E-state index contributed by atoms with van der Waals surface area (Å²) in [7, 11) is 5.65. The number of hydrogen-bond acceptors (Lipinski definition) is 3. The minimum absolute atomic E-state index is 0.0987. The molecule has 6 nitrogen and oxygen atoms in total. The van der Waals surface area contributed by atoms with Crippen LogP contribution in [0.5, 0.6) is 0 Å². The van der Waals surface area contributed by atoms with Crippen LogP contribution in [0.4, 0.5) is 5.69 Å². The van der Waals surface area contributed by atoms with Crippen LogP contribution < -0.4 is 11.0 Å². The highest BCUT2D eigenvalue weighted by molar-refractivity contribution is 6.06. The highest BCUT2D eigenvalue weighted by atomic mass is 16.2. The van der Waals surface area contributed by atoms with Crippen molar-refractivity contribution in [2.75, 3.05) is 25.5 Å². The summed E-state index contributed by atoms with van der Waals surface area (Å²) in [6.45, 7) is 2.41. The Kier molecular flexibility index (Phi) is 5.77. The van der Waals surface area contributed by atoms with Gasteiger partial charge in [-0.3, -0.25) is 13.9 Å². The Labute approximate surface area is 177 Å². The van der Waals surface area contributed by atoms with E-state index in [4.69, 9.17) is 0 Å². The van der Waals surface area contributed by atoms with E-state index in [2.05, 4.69) is 29.4 Å². The van der Waals surface area contributed by atoms with Gasteiger partial charge in [0.25, 0.3) is 5.91 Å². The Hall–Kier alpha value is -2.86. The molecule has 0 spiro atoms. The van der Waals surface area contributed by atoms with Crippen molar-refractivity contribution in [1.29, 1.82) is 0 Å². The number of nitrogens with zero attached hydrogens (tertiary/aromatic N) is 3. The topological polar surface area (TPSA) is 59.3 Å². The first kappa shape index (κ1) is 20.4. The minimum atomic E-state index is -0.174. The first-order valence-corrected chi connectivity index (χ1v) is 10.7. The molecule has 3 aromatic rings. The number of piperidine rings is 1. The average molecular weight is 407 g/mol. The zero-order chi connectivity index (χ0) is 21.3. The summed E-state index contributed by atoms with van der Waals surface area (Å²) < 4.78 is 3.15. The third-order valence-electron chi connectivity index (χ3n) is 6.43. The molecule has 1 fully saturated rings. The number of imidazole rings is 1. The third kappa shape index (κ3) is 4.19. The van der Waals surface area contributed by atoms with Crippen molar-refractivity contribution in [1.82, 2.24) is 14.0 Å². The van der Waals surface area contributed by atoms with E-state index in [0.29, 0.717) is 5.56 Å². The number of fused-ring (bicyclic) bond motifs is 1. The number of carbonyl (C=O) groups is 1. The predicted octanol–water partition coefficient (Wildman–Crippen LogP) is 3.40. The van der Waals surface area contributed by atoms with Crippen LogP contribution in [0.15, 0.2) is 47.3 Å². The SMILES string of the molecule is CN1CCC(CCc2ccc(NC(=O)c3ccc4c(c3)n(C)c(=O)n4C)cc2)CC1. The summed E-state index contributed by atoms with van der Waals surface area (Å²) in [6, 6.07) is 13.5. The maximum absolute atomic E-state index is 12.7. The molecular weight excluding hydrogens is 376 g/mol. The number of anilines is 1. The van der Waals surface area contributed by atoms with E-state index in [1.807, 2.05) is 18.2 Å². The molecule has 0 atom stereocenters. The number of benzene rings is 2. The lowest BCUT2D eigenvalue weighted by molar-refractivity contribution is 0.102. The maximum Gasteiger partial charge on any atom is 0.328 e. The molecule has 1 aromatic heterocycles. The summed E-state index contributed by atoms with van der Waals surface area (Å²) in [5.41, 5.74) is 4.10. The van der Waals surface area contributed by atoms with E-state index < -0.39 is 0 Å². The minimum Gasteiger partial charge on any atom is -0.322 e. The van der Waals surface area contributed by atoms with E-state index in [0.717, 1.165) is 29.1 Å². The van der Waals surface area contributed by atoms with Gasteiger partial charge in [-0.25, -0.2) is 4.79 Å². The van der Waals surface area contributed by atoms with Crippen molar-refractivity contribution < 1.29 is 4.79 Å². The number of carbonyl (C=O) groups excluding carboxylic acids is 1. The lowest BCUT2D eigenvalue weighted by atomic mass is 9.91. The fourth-order valence-electron chi connectivity index (χ4n) is 4.33. The van der Waals surface area contributed by atoms with Crippen LogP contribution in [0, 0.1) is 5.92 Å². The molecule has 6 heteroatoms. The first-order chi connectivity index (χ1) is 14.4. The fraction of sp³-hybridized carbons (Fsp3) is 0.417. The van der Waals surface area contributed by atoms with Gasteiger partial charge in [-0.2, -0.15) is 0 Å². The zero-order valence-electron chi connectivity index (χ0n) is 18.0. The molecule has 0 radical (unpaired) electrons. The van der Waals surface area contributed by atoms with Gasteiger partial charge in [0.15, 0.2) is 0 Å². The molecule has 1 amide bonds. The average Bonchev–Trinajstić information content (AvgIpc) is 2.98. The molecule has 0 unspecified atom stereocenters. The number of aromatic nitrogens is 2. The van der Waals surface area contributed by atoms with Crippen molar-refractivity contribution in [3.8, 4) is 0 Å². The van der Waals surface area contributed by atoms with E-state index in [9.17, 15) is 9.59 Å². The van der Waals surface area contributed by atoms with E-state index >= 15 is 0 Å². The van der Waals surface area contributed by atoms with Gasteiger partial charge in [0.2, 0.25) is 0 Å². The molecule has 1 saturated heterocycles. The fourth-order valence-corrected chi connectivity index (χ4v) is 4.33. The van der Waals surface area contributed by atoms with Gasteiger partial charge in [-0.05, 0) is 87.6 Å². The number of nitrogens with one attached hydrogen (secondary N) is 1. The lowest BCUT2D eigenvalue weighted by Gasteiger charge is -2.28. The number of aryl methyl sites for hydroxylation is 3. The number of amides is 1. The zero-order valence-corrected chi connectivity index (χ0v) is 18.0. The van der Waals surface area contributed by atoms with Gasteiger partial charge in [0.05, 0.1) is 11.0 Å². The van der Waals surface area contributed by atoms with Crippen LogP contribution in [0.3, 0.4) is 0 Å². The van der Waals surface area contributed by atoms with Crippen LogP contribution in [-0.2, 0) is 20.5 Å². The second-order valence-electron chi connectivity index (χ2n) is 8.54. The van der Waals surface area contributed by atoms with Gasteiger partial charge < -0.3 is 10.2 Å². The van der Waals surface area contributed by atoms with E-state index in [1.165, 1.54) is 37.9 Å². The van der Waals surface area contributed by atoms with Gasteiger partial charge in [-0.1, -0.05) is 12.1 Å². The second-order valence-corrected chi connectivity index (χ2v) is 8.54. The van der Waals surface area contributed by atoms with E-state index in [-0.39, 0.29) is 11.6 Å². The maximum atomic E-state index is 12.7. The summed E-state index contributed by atoms with van der Waals surface area (Å²) in [4.78, 5) is 27.2. The second kappa shape index (κ2) is 8.48. The van der Waals surface area contributed by atoms with Crippen molar-refractivity contribution in [2.24, 2.45) is 20.0 Å². The molecule has 1 aliphatic rings. The molecule has 0 saturated carbocycles. The van der Waals surface area contributed by atoms with Gasteiger partial charge >= 0.3 is 5.69 Å². The molecule has 0 aliphatic carbocycles. The number of likely N-dealkylation sites (tertiary alicyclic amines) is 1. The van der Waals surface area contributed by atoms with Crippen molar-refractivity contribution in [3.63, 3.8) is 0 Å². The Morgan fingerprint density at radius 2 is 1.63 bits per heavy atom. The third-order valence-corrected chi connectivity index (χ3v) is 6.43. The largest absolute Gasteiger partial charge is 0.328 e. The van der Waals surface area contributed by atoms with Crippen LogP contribution in [0.1, 0.15) is 35.2 Å². The Balaban J connectivity index is 1.38. The van der Waals surface area contributed by atoms with Crippen LogP contribution in [-0.4, -0.2) is 40.1 Å². The molecule has 2 heterocycles. The van der Waals surface area contributed by atoms with Crippen molar-refractivity contribution >= 4 is 22.6 Å².